The van der Waals surface area contributed by atoms with Gasteiger partial charge >= 0.3 is 0 Å². The minimum Gasteiger partial charge on any atom is -0.368 e. The molecular formula is C23H28FN5O. The summed E-state index contributed by atoms with van der Waals surface area (Å²) in [4.78, 5) is 21.3. The summed E-state index contributed by atoms with van der Waals surface area (Å²) in [6.45, 7) is 10.6. The average molecular weight is 410 g/mol. The van der Waals surface area contributed by atoms with Crippen molar-refractivity contribution in [3.8, 4) is 0 Å². The molecular weight excluding hydrogens is 381 g/mol. The van der Waals surface area contributed by atoms with E-state index in [1.807, 2.05) is 33.0 Å². The van der Waals surface area contributed by atoms with Gasteiger partial charge in [-0.25, -0.2) is 9.37 Å². The van der Waals surface area contributed by atoms with Gasteiger partial charge in [0.1, 0.15) is 0 Å². The predicted octanol–water partition coefficient (Wildman–Crippen LogP) is 3.11. The second-order valence-corrected chi connectivity index (χ2v) is 8.22. The summed E-state index contributed by atoms with van der Waals surface area (Å²) in [6.07, 6.45) is 11.2. The first-order valence-electron chi connectivity index (χ1n) is 10.4. The van der Waals surface area contributed by atoms with Gasteiger partial charge in [-0.05, 0) is 51.0 Å². The molecule has 158 valence electrons. The van der Waals surface area contributed by atoms with Crippen LogP contribution in [-0.2, 0) is 4.79 Å². The molecule has 0 saturated carbocycles. The number of piperazine rings is 1. The molecule has 2 aliphatic rings. The lowest BCUT2D eigenvalue weighted by Gasteiger charge is -2.37. The minimum absolute atomic E-state index is 0.0406. The first kappa shape index (κ1) is 20.3. The van der Waals surface area contributed by atoms with Crippen LogP contribution in [-0.4, -0.2) is 56.8 Å². The van der Waals surface area contributed by atoms with Crippen LogP contribution in [0.4, 0.5) is 4.39 Å². The maximum absolute atomic E-state index is 14.4. The van der Waals surface area contributed by atoms with Crippen LogP contribution in [0.15, 0.2) is 48.6 Å². The van der Waals surface area contributed by atoms with E-state index in [0.717, 1.165) is 31.0 Å². The summed E-state index contributed by atoms with van der Waals surface area (Å²) < 4.78 is 16.1. The number of nitrogens with zero attached hydrogens (tertiary/aromatic N) is 4. The van der Waals surface area contributed by atoms with Crippen LogP contribution in [0.25, 0.3) is 11.2 Å². The number of nitrogens with one attached hydrogen (secondary N) is 1. The number of hydrogen-bond acceptors (Lipinski definition) is 4. The molecule has 2 aromatic rings. The lowest BCUT2D eigenvalue weighted by molar-refractivity contribution is -0.124. The van der Waals surface area contributed by atoms with Crippen molar-refractivity contribution in [2.45, 2.75) is 39.8 Å². The van der Waals surface area contributed by atoms with Crippen molar-refractivity contribution < 1.29 is 9.18 Å². The molecule has 0 bridgehead atoms. The number of allylic oxidation sites excluding steroid dienone is 2. The highest BCUT2D eigenvalue weighted by molar-refractivity contribution is 5.96. The number of imidazole rings is 1. The highest BCUT2D eigenvalue weighted by Crippen LogP contribution is 2.22. The van der Waals surface area contributed by atoms with Crippen LogP contribution in [0.2, 0.25) is 0 Å². The molecule has 1 unspecified atom stereocenters. The number of carbonyl (C=O) groups excluding carboxylic acids is 1. The number of carbonyl (C=O) groups is 1. The van der Waals surface area contributed by atoms with Crippen LogP contribution in [0.5, 0.6) is 0 Å². The second kappa shape index (κ2) is 8.07. The zero-order chi connectivity index (χ0) is 21.4. The highest BCUT2D eigenvalue weighted by Gasteiger charge is 2.23. The first-order valence-corrected chi connectivity index (χ1v) is 10.4. The normalized spacial score (nSPS) is 22.6. The minimum atomic E-state index is -0.398. The molecule has 4 rings (SSSR count). The van der Waals surface area contributed by atoms with Crippen molar-refractivity contribution in [3.63, 3.8) is 0 Å². The van der Waals surface area contributed by atoms with Gasteiger partial charge in [-0.3, -0.25) is 4.79 Å². The van der Waals surface area contributed by atoms with Gasteiger partial charge in [0.25, 0.3) is 5.91 Å². The Labute approximate surface area is 176 Å². The number of aromatic nitrogens is 2. The average Bonchev–Trinajstić information content (AvgIpc) is 3.09. The third-order valence-corrected chi connectivity index (χ3v) is 5.67. The van der Waals surface area contributed by atoms with Crippen LogP contribution in [0.1, 0.15) is 32.0 Å². The molecule has 2 aromatic heterocycles. The number of amides is 1. The molecule has 1 saturated heterocycles. The molecule has 2 atom stereocenters. The Kier molecular flexibility index (Phi) is 5.47. The summed E-state index contributed by atoms with van der Waals surface area (Å²) in [5.41, 5.74) is 3.45. The van der Waals surface area contributed by atoms with E-state index in [0.29, 0.717) is 22.8 Å². The molecule has 0 aromatic carbocycles. The number of halogens is 1. The van der Waals surface area contributed by atoms with Crippen molar-refractivity contribution in [2.24, 2.45) is 0 Å². The molecule has 0 spiro atoms. The lowest BCUT2D eigenvalue weighted by Crippen LogP contribution is -2.49. The number of fused-ring (bicyclic) bond motifs is 1. The molecule has 4 heterocycles. The molecule has 1 N–H and O–H groups in total. The molecule has 1 amide bonds. The Morgan fingerprint density at radius 2 is 2.13 bits per heavy atom. The summed E-state index contributed by atoms with van der Waals surface area (Å²) in [7, 11) is 0. The molecule has 2 aliphatic heterocycles. The third-order valence-electron chi connectivity index (χ3n) is 5.67. The Bertz CT molecular complexity index is 1070. The number of rotatable bonds is 3. The third kappa shape index (κ3) is 4.03. The topological polar surface area (TPSA) is 52.9 Å². The van der Waals surface area contributed by atoms with E-state index in [-0.39, 0.29) is 11.9 Å². The first-order chi connectivity index (χ1) is 14.3. The maximum Gasteiger partial charge on any atom is 0.251 e. The van der Waals surface area contributed by atoms with Crippen molar-refractivity contribution in [1.29, 1.82) is 0 Å². The number of hydrogen-bond donors (Lipinski definition) is 1. The van der Waals surface area contributed by atoms with Crippen LogP contribution in [0, 0.1) is 12.7 Å². The largest absolute Gasteiger partial charge is 0.368 e. The molecule has 0 aliphatic carbocycles. The predicted molar refractivity (Wildman–Crippen MR) is 116 cm³/mol. The van der Waals surface area contributed by atoms with E-state index in [9.17, 15) is 9.18 Å². The van der Waals surface area contributed by atoms with Crippen molar-refractivity contribution >= 4 is 17.1 Å². The van der Waals surface area contributed by atoms with E-state index in [1.165, 1.54) is 6.07 Å². The van der Waals surface area contributed by atoms with Gasteiger partial charge in [0.2, 0.25) is 0 Å². The fourth-order valence-corrected chi connectivity index (χ4v) is 3.99. The van der Waals surface area contributed by atoms with Gasteiger partial charge < -0.3 is 19.5 Å². The quantitative estimate of drug-likeness (QED) is 0.792. The number of aryl methyl sites for hydroxylation is 1. The van der Waals surface area contributed by atoms with Gasteiger partial charge in [0.05, 0.1) is 17.4 Å². The van der Waals surface area contributed by atoms with Gasteiger partial charge in [0.15, 0.2) is 11.5 Å². The van der Waals surface area contributed by atoms with E-state index >= 15 is 0 Å². The Hall–Kier alpha value is -2.93. The zero-order valence-corrected chi connectivity index (χ0v) is 17.9. The summed E-state index contributed by atoms with van der Waals surface area (Å²) in [5, 5.41) is 3.44. The molecule has 0 radical (unpaired) electrons. The van der Waals surface area contributed by atoms with Crippen molar-refractivity contribution in [3.05, 3.63) is 65.7 Å². The van der Waals surface area contributed by atoms with Gasteiger partial charge in [-0.1, -0.05) is 6.08 Å². The Morgan fingerprint density at radius 1 is 1.33 bits per heavy atom. The Morgan fingerprint density at radius 3 is 2.90 bits per heavy atom. The fourth-order valence-electron chi connectivity index (χ4n) is 3.99. The van der Waals surface area contributed by atoms with E-state index in [1.54, 1.807) is 27.8 Å². The summed E-state index contributed by atoms with van der Waals surface area (Å²) >= 11 is 0. The zero-order valence-electron chi connectivity index (χ0n) is 17.9. The van der Waals surface area contributed by atoms with Gasteiger partial charge in [-0.15, -0.1) is 0 Å². The molecule has 6 nitrogen and oxygen atoms in total. The SMILES string of the molecule is C/C(=C\C(=O)N1C=C(N2CCN[C@@H](C)C2)C=CC1C)c1cc(F)c2nc(C)cn2c1. The van der Waals surface area contributed by atoms with E-state index in [4.69, 9.17) is 0 Å². The van der Waals surface area contributed by atoms with Crippen molar-refractivity contribution in [1.82, 2.24) is 24.5 Å². The smallest absolute Gasteiger partial charge is 0.251 e. The van der Waals surface area contributed by atoms with Crippen molar-refractivity contribution in [2.75, 3.05) is 19.6 Å². The maximum atomic E-state index is 14.4. The molecule has 30 heavy (non-hydrogen) atoms. The highest BCUT2D eigenvalue weighted by atomic mass is 19.1. The molecule has 1 fully saturated rings. The van der Waals surface area contributed by atoms with Gasteiger partial charge in [-0.2, -0.15) is 0 Å². The van der Waals surface area contributed by atoms with Gasteiger partial charge in [0, 0.05) is 50.3 Å². The van der Waals surface area contributed by atoms with Crippen LogP contribution < -0.4 is 5.32 Å². The summed E-state index contributed by atoms with van der Waals surface area (Å²) in [6, 6.07) is 1.81. The fraction of sp³-hybridized carbons (Fsp3) is 0.391. The summed E-state index contributed by atoms with van der Waals surface area (Å²) in [5.74, 6) is -0.516. The van der Waals surface area contributed by atoms with E-state index < -0.39 is 5.82 Å². The standard InChI is InChI=1S/C23H28FN5O/c1-15(19-10-21(24)23-26-17(3)12-28(23)13-19)9-22(30)29-14-20(6-5-18(29)4)27-8-7-25-16(2)11-27/h5-6,9-10,12-14,16,18,25H,7-8,11H2,1-4H3/b15-9+/t16-,18?/m0/s1. The molecule has 7 heteroatoms. The Balaban J connectivity index is 1.58. The van der Waals surface area contributed by atoms with Crippen LogP contribution >= 0.6 is 0 Å². The monoisotopic (exact) mass is 409 g/mol. The van der Waals surface area contributed by atoms with E-state index in [2.05, 4.69) is 28.2 Å². The number of pyridine rings is 1. The second-order valence-electron chi connectivity index (χ2n) is 8.22. The lowest BCUT2D eigenvalue weighted by atomic mass is 10.1. The van der Waals surface area contributed by atoms with Crippen LogP contribution in [0.3, 0.4) is 0 Å².